The van der Waals surface area contributed by atoms with Crippen LogP contribution in [0.3, 0.4) is 0 Å². The highest BCUT2D eigenvalue weighted by Crippen LogP contribution is 2.18. The lowest BCUT2D eigenvalue weighted by atomic mass is 10.0. The maximum absolute atomic E-state index is 5.52. The molecule has 18 heavy (non-hydrogen) atoms. The van der Waals surface area contributed by atoms with Crippen LogP contribution in [0.15, 0.2) is 4.99 Å². The van der Waals surface area contributed by atoms with Crippen LogP contribution in [-0.2, 0) is 4.74 Å². The average molecular weight is 256 g/mol. The van der Waals surface area contributed by atoms with E-state index in [9.17, 15) is 0 Å². The number of nitrogens with zero attached hydrogens (tertiary/aromatic N) is 4. The molecule has 0 aromatic carbocycles. The molecule has 0 atom stereocenters. The minimum absolute atomic E-state index is 0.129. The Morgan fingerprint density at radius 3 is 2.33 bits per heavy atom. The number of guanidine groups is 1. The van der Waals surface area contributed by atoms with Gasteiger partial charge in [0.05, 0.1) is 19.8 Å². The standard InChI is InChI=1S/C13H28N4O/c1-13(2)11-18-10-9-17(13)8-7-14-12(15(3)4)16(5)6/h7-11H2,1-6H3. The molecule has 0 saturated carbocycles. The predicted octanol–water partition coefficient (Wildman–Crippen LogP) is 0.576. The van der Waals surface area contributed by atoms with Crippen LogP contribution < -0.4 is 0 Å². The van der Waals surface area contributed by atoms with E-state index in [1.165, 1.54) is 0 Å². The molecule has 1 fully saturated rings. The van der Waals surface area contributed by atoms with Crippen molar-refractivity contribution in [3.05, 3.63) is 0 Å². The van der Waals surface area contributed by atoms with E-state index in [1.54, 1.807) is 0 Å². The third-order valence-electron chi connectivity index (χ3n) is 3.24. The minimum Gasteiger partial charge on any atom is -0.378 e. The lowest BCUT2D eigenvalue weighted by molar-refractivity contribution is -0.0491. The number of aliphatic imine (C=N–C) groups is 1. The van der Waals surface area contributed by atoms with Crippen molar-refractivity contribution in [2.75, 3.05) is 61.0 Å². The zero-order valence-corrected chi connectivity index (χ0v) is 12.7. The lowest BCUT2D eigenvalue weighted by Gasteiger charge is -2.41. The van der Waals surface area contributed by atoms with Gasteiger partial charge in [-0.25, -0.2) is 0 Å². The van der Waals surface area contributed by atoms with Crippen molar-refractivity contribution in [3.8, 4) is 0 Å². The van der Waals surface area contributed by atoms with Gasteiger partial charge in [-0.1, -0.05) is 0 Å². The van der Waals surface area contributed by atoms with Crippen LogP contribution in [0.25, 0.3) is 0 Å². The second-order valence-corrected chi connectivity index (χ2v) is 5.82. The highest BCUT2D eigenvalue weighted by Gasteiger charge is 2.29. The summed E-state index contributed by atoms with van der Waals surface area (Å²) >= 11 is 0. The van der Waals surface area contributed by atoms with E-state index in [1.807, 2.05) is 38.0 Å². The summed E-state index contributed by atoms with van der Waals surface area (Å²) < 4.78 is 5.52. The molecule has 106 valence electrons. The molecule has 0 aliphatic carbocycles. The molecule has 1 aliphatic rings. The van der Waals surface area contributed by atoms with Crippen molar-refractivity contribution in [3.63, 3.8) is 0 Å². The Morgan fingerprint density at radius 1 is 1.22 bits per heavy atom. The topological polar surface area (TPSA) is 31.3 Å². The van der Waals surface area contributed by atoms with E-state index < -0.39 is 0 Å². The van der Waals surface area contributed by atoms with E-state index in [2.05, 4.69) is 23.7 Å². The second-order valence-electron chi connectivity index (χ2n) is 5.82. The first-order valence-corrected chi connectivity index (χ1v) is 6.56. The molecule has 0 bridgehead atoms. The number of ether oxygens (including phenoxy) is 1. The quantitative estimate of drug-likeness (QED) is 0.546. The maximum atomic E-state index is 5.52. The Kier molecular flexibility index (Phi) is 5.41. The van der Waals surface area contributed by atoms with Gasteiger partial charge in [0, 0.05) is 46.8 Å². The smallest absolute Gasteiger partial charge is 0.195 e. The molecule has 0 unspecified atom stereocenters. The van der Waals surface area contributed by atoms with Crippen molar-refractivity contribution < 1.29 is 4.74 Å². The highest BCUT2D eigenvalue weighted by molar-refractivity contribution is 5.79. The van der Waals surface area contributed by atoms with Crippen molar-refractivity contribution in [2.45, 2.75) is 19.4 Å². The predicted molar refractivity (Wildman–Crippen MR) is 76.1 cm³/mol. The summed E-state index contributed by atoms with van der Waals surface area (Å²) in [4.78, 5) is 11.2. The van der Waals surface area contributed by atoms with E-state index in [0.29, 0.717) is 0 Å². The molecule has 1 saturated heterocycles. The minimum atomic E-state index is 0.129. The molecule has 5 nitrogen and oxygen atoms in total. The molecular formula is C13H28N4O. The molecule has 0 amide bonds. The van der Waals surface area contributed by atoms with Crippen LogP contribution in [0, 0.1) is 0 Å². The Balaban J connectivity index is 2.51. The van der Waals surface area contributed by atoms with Gasteiger partial charge in [0.15, 0.2) is 5.96 Å². The monoisotopic (exact) mass is 256 g/mol. The Bertz CT molecular complexity index is 277. The van der Waals surface area contributed by atoms with Crippen LogP contribution in [0.2, 0.25) is 0 Å². The molecule has 0 aromatic rings. The SMILES string of the molecule is CN(C)C(=NCCN1CCOCC1(C)C)N(C)C. The van der Waals surface area contributed by atoms with Gasteiger partial charge < -0.3 is 14.5 Å². The first-order chi connectivity index (χ1) is 8.34. The van der Waals surface area contributed by atoms with E-state index in [-0.39, 0.29) is 5.54 Å². The van der Waals surface area contributed by atoms with Crippen molar-refractivity contribution in [2.24, 2.45) is 4.99 Å². The Morgan fingerprint density at radius 2 is 1.83 bits per heavy atom. The summed E-state index contributed by atoms with van der Waals surface area (Å²) in [6, 6.07) is 0. The molecule has 1 heterocycles. The number of hydrogen-bond donors (Lipinski definition) is 0. The number of hydrogen-bond acceptors (Lipinski definition) is 3. The fraction of sp³-hybridized carbons (Fsp3) is 0.923. The zero-order chi connectivity index (χ0) is 13.8. The van der Waals surface area contributed by atoms with Gasteiger partial charge >= 0.3 is 0 Å². The largest absolute Gasteiger partial charge is 0.378 e. The first-order valence-electron chi connectivity index (χ1n) is 6.56. The van der Waals surface area contributed by atoms with Crippen LogP contribution in [0.4, 0.5) is 0 Å². The van der Waals surface area contributed by atoms with Gasteiger partial charge in [0.25, 0.3) is 0 Å². The summed E-state index contributed by atoms with van der Waals surface area (Å²) in [5.41, 5.74) is 0.129. The van der Waals surface area contributed by atoms with Gasteiger partial charge in [0.2, 0.25) is 0 Å². The number of rotatable bonds is 3. The number of morpholine rings is 1. The van der Waals surface area contributed by atoms with Crippen LogP contribution in [0.5, 0.6) is 0 Å². The molecule has 0 N–H and O–H groups in total. The van der Waals surface area contributed by atoms with Crippen molar-refractivity contribution >= 4 is 5.96 Å². The Labute approximate surface area is 111 Å². The van der Waals surface area contributed by atoms with Gasteiger partial charge in [-0.2, -0.15) is 0 Å². The molecule has 0 radical (unpaired) electrons. The fourth-order valence-corrected chi connectivity index (χ4v) is 2.26. The van der Waals surface area contributed by atoms with Crippen LogP contribution in [-0.4, -0.2) is 87.2 Å². The third-order valence-corrected chi connectivity index (χ3v) is 3.24. The summed E-state index contributed by atoms with van der Waals surface area (Å²) in [5, 5.41) is 0. The lowest BCUT2D eigenvalue weighted by Crippen LogP contribution is -2.53. The van der Waals surface area contributed by atoms with E-state index >= 15 is 0 Å². The summed E-state index contributed by atoms with van der Waals surface area (Å²) in [7, 11) is 8.10. The van der Waals surface area contributed by atoms with Crippen molar-refractivity contribution in [1.29, 1.82) is 0 Å². The normalized spacial score (nSPS) is 19.4. The summed E-state index contributed by atoms with van der Waals surface area (Å²) in [6.07, 6.45) is 0. The zero-order valence-electron chi connectivity index (χ0n) is 12.7. The van der Waals surface area contributed by atoms with E-state index in [0.717, 1.165) is 38.8 Å². The summed E-state index contributed by atoms with van der Waals surface area (Å²) in [5.74, 6) is 1.01. The van der Waals surface area contributed by atoms with Gasteiger partial charge in [-0.3, -0.25) is 9.89 Å². The Hall–Kier alpha value is -0.810. The van der Waals surface area contributed by atoms with Gasteiger partial charge in [0.1, 0.15) is 0 Å². The van der Waals surface area contributed by atoms with Crippen LogP contribution >= 0.6 is 0 Å². The molecule has 1 aliphatic heterocycles. The third kappa shape index (κ3) is 4.14. The molecule has 0 spiro atoms. The van der Waals surface area contributed by atoms with Gasteiger partial charge in [-0.15, -0.1) is 0 Å². The molecule has 0 aromatic heterocycles. The first kappa shape index (κ1) is 15.2. The molecule has 5 heteroatoms. The average Bonchev–Trinajstić information content (AvgIpc) is 2.24. The molecule has 1 rings (SSSR count). The van der Waals surface area contributed by atoms with Gasteiger partial charge in [-0.05, 0) is 13.8 Å². The molecular weight excluding hydrogens is 228 g/mol. The van der Waals surface area contributed by atoms with Crippen molar-refractivity contribution in [1.82, 2.24) is 14.7 Å². The maximum Gasteiger partial charge on any atom is 0.195 e. The van der Waals surface area contributed by atoms with Crippen LogP contribution in [0.1, 0.15) is 13.8 Å². The highest BCUT2D eigenvalue weighted by atomic mass is 16.5. The second kappa shape index (κ2) is 6.38. The van der Waals surface area contributed by atoms with E-state index in [4.69, 9.17) is 4.74 Å². The summed E-state index contributed by atoms with van der Waals surface area (Å²) in [6.45, 7) is 8.92. The fourth-order valence-electron chi connectivity index (χ4n) is 2.26.